The Hall–Kier alpha value is -4.04. The quantitative estimate of drug-likeness (QED) is 0.0942. The van der Waals surface area contributed by atoms with Crippen LogP contribution >= 0.6 is 0 Å². The fourth-order valence-electron chi connectivity index (χ4n) is 4.71. The maximum Gasteiger partial charge on any atom is 0.333 e. The molecule has 1 saturated heterocycles. The van der Waals surface area contributed by atoms with E-state index in [2.05, 4.69) is 24.5 Å². The Morgan fingerprint density at radius 1 is 1.06 bits per heavy atom. The number of aliphatic hydroxyl groups excluding tert-OH is 1. The third-order valence-corrected chi connectivity index (χ3v) is 7.35. The summed E-state index contributed by atoms with van der Waals surface area (Å²) in [6.07, 6.45) is 1.68. The number of nitrogens with one attached hydrogen (secondary N) is 2. The molecule has 0 aromatic heterocycles. The molecule has 3 amide bonds. The zero-order chi connectivity index (χ0) is 37.0. The van der Waals surface area contributed by atoms with E-state index < -0.39 is 36.3 Å². The van der Waals surface area contributed by atoms with Crippen LogP contribution < -0.4 is 15.4 Å². The molecule has 3 atom stereocenters. The van der Waals surface area contributed by atoms with E-state index in [-0.39, 0.29) is 61.1 Å². The van der Waals surface area contributed by atoms with Gasteiger partial charge in [-0.15, -0.1) is 0 Å². The summed E-state index contributed by atoms with van der Waals surface area (Å²) < 4.78 is 16.2. The van der Waals surface area contributed by atoms with E-state index in [1.54, 1.807) is 18.0 Å². The van der Waals surface area contributed by atoms with Crippen LogP contribution in [0.2, 0.25) is 0 Å². The van der Waals surface area contributed by atoms with Crippen molar-refractivity contribution in [3.8, 4) is 5.75 Å². The number of carbonyl (C=O) groups excluding carboxylic acids is 5. The first-order chi connectivity index (χ1) is 23.1. The molecule has 49 heavy (non-hydrogen) atoms. The van der Waals surface area contributed by atoms with Crippen LogP contribution in [0, 0.1) is 5.41 Å². The molecule has 0 saturated carbocycles. The molecule has 0 radical (unpaired) electrons. The Kier molecular flexibility index (Phi) is 19.8. The molecule has 1 aliphatic rings. The third kappa shape index (κ3) is 17.8. The van der Waals surface area contributed by atoms with Gasteiger partial charge in [-0.3, -0.25) is 19.2 Å². The molecule has 4 N–H and O–H groups in total. The maximum atomic E-state index is 13.1. The molecule has 14 nitrogen and oxygen atoms in total. The summed E-state index contributed by atoms with van der Waals surface area (Å²) in [5.41, 5.74) is 0.200. The molecule has 0 aliphatic carbocycles. The molecule has 14 heteroatoms. The van der Waals surface area contributed by atoms with E-state index in [1.807, 2.05) is 13.8 Å². The molecule has 1 aromatic carbocycles. The molecular formula is C35H55N3O11. The molecule has 1 fully saturated rings. The second kappa shape index (κ2) is 22.6. The van der Waals surface area contributed by atoms with Crippen LogP contribution in [0.4, 0.5) is 0 Å². The number of nitrogens with zero attached hydrogens (tertiary/aromatic N) is 1. The average Bonchev–Trinajstić information content (AvgIpc) is 3.02. The summed E-state index contributed by atoms with van der Waals surface area (Å²) in [6, 6.07) is 4.52. The fraction of sp³-hybridized carbons (Fsp3) is 0.657. The van der Waals surface area contributed by atoms with E-state index in [0.29, 0.717) is 37.8 Å². The number of rotatable bonds is 19. The minimum Gasteiger partial charge on any atom is -0.479 e. The molecule has 3 unspecified atom stereocenters. The number of benzene rings is 1. The number of aliphatic carboxylic acids is 1. The van der Waals surface area contributed by atoms with Crippen molar-refractivity contribution in [1.82, 2.24) is 15.5 Å². The van der Waals surface area contributed by atoms with Gasteiger partial charge >= 0.3 is 11.9 Å². The van der Waals surface area contributed by atoms with Crippen LogP contribution in [0.25, 0.3) is 0 Å². The number of amides is 3. The molecule has 1 aliphatic heterocycles. The second-order valence-corrected chi connectivity index (χ2v) is 12.9. The van der Waals surface area contributed by atoms with Gasteiger partial charge in [-0.1, -0.05) is 46.6 Å². The largest absolute Gasteiger partial charge is 0.479 e. The zero-order valence-electron chi connectivity index (χ0n) is 29.7. The summed E-state index contributed by atoms with van der Waals surface area (Å²) in [6.45, 7) is 10.0. The number of aldehydes is 1. The number of unbranched alkanes of at least 4 members (excludes halogenated alkanes) is 2. The van der Waals surface area contributed by atoms with Gasteiger partial charge in [0.15, 0.2) is 6.10 Å². The van der Waals surface area contributed by atoms with E-state index in [9.17, 15) is 39.0 Å². The third-order valence-electron chi connectivity index (χ3n) is 7.35. The van der Waals surface area contributed by atoms with Crippen LogP contribution in [-0.4, -0.2) is 96.2 Å². The summed E-state index contributed by atoms with van der Waals surface area (Å²) in [5, 5.41) is 24.8. The molecule has 2 rings (SSSR count). The molecule has 0 bridgehead atoms. The van der Waals surface area contributed by atoms with Crippen LogP contribution in [0.5, 0.6) is 5.75 Å². The highest BCUT2D eigenvalue weighted by molar-refractivity contribution is 5.97. The SMILES string of the molecule is CC(=O)OCc1ccc(OC2CC(O)CC(C(=O)O)O2)c(C(=O)NCCNC(=O)CCCCCN(C)C(=O)CC(C)(C)CC=O)c1.CCC. The Morgan fingerprint density at radius 3 is 2.37 bits per heavy atom. The maximum absolute atomic E-state index is 13.1. The van der Waals surface area contributed by atoms with Gasteiger partial charge in [-0.05, 0) is 36.0 Å². The van der Waals surface area contributed by atoms with Crippen molar-refractivity contribution in [2.24, 2.45) is 5.41 Å². The monoisotopic (exact) mass is 693 g/mol. The highest BCUT2D eigenvalue weighted by Gasteiger charge is 2.34. The Morgan fingerprint density at radius 2 is 1.73 bits per heavy atom. The van der Waals surface area contributed by atoms with Crippen molar-refractivity contribution in [2.45, 2.75) is 118 Å². The van der Waals surface area contributed by atoms with Crippen LogP contribution in [-0.2, 0) is 40.1 Å². The van der Waals surface area contributed by atoms with Crippen LogP contribution in [0.15, 0.2) is 18.2 Å². The molecule has 276 valence electrons. The van der Waals surface area contributed by atoms with E-state index in [1.165, 1.54) is 25.5 Å². The van der Waals surface area contributed by atoms with E-state index in [4.69, 9.17) is 14.2 Å². The average molecular weight is 694 g/mol. The number of carboxylic acid groups (broad SMARTS) is 1. The number of esters is 1. The Balaban J connectivity index is 0.00000385. The van der Waals surface area contributed by atoms with Gasteiger partial charge in [0.05, 0.1) is 11.7 Å². The topological polar surface area (TPSA) is 198 Å². The summed E-state index contributed by atoms with van der Waals surface area (Å²) in [7, 11) is 1.73. The predicted octanol–water partition coefficient (Wildman–Crippen LogP) is 3.37. The number of carboxylic acids is 1. The number of ether oxygens (including phenoxy) is 3. The summed E-state index contributed by atoms with van der Waals surface area (Å²) in [4.78, 5) is 72.8. The van der Waals surface area contributed by atoms with Crippen molar-refractivity contribution in [2.75, 3.05) is 26.7 Å². The standard InChI is InChI=1S/C32H47N3O11.C3H8/c1-21(37)44-20-22-9-10-25(45-29-18-23(38)17-26(46-29)31(42)43)24(16-22)30(41)34-13-12-33-27(39)8-6-5-7-14-35(4)28(40)19-32(2,3)11-15-36;1-3-2/h9-10,15-16,23,26,29,38H,5-8,11-14,17-20H2,1-4H3,(H,33,39)(H,34,41)(H,42,43);3H2,1-2H3. The number of hydrogen-bond acceptors (Lipinski definition) is 10. The first kappa shape index (κ1) is 43.0. The van der Waals surface area contributed by atoms with Gasteiger partial charge in [-0.2, -0.15) is 0 Å². The highest BCUT2D eigenvalue weighted by Crippen LogP contribution is 2.27. The lowest BCUT2D eigenvalue weighted by Crippen LogP contribution is -2.42. The predicted molar refractivity (Wildman–Crippen MR) is 181 cm³/mol. The summed E-state index contributed by atoms with van der Waals surface area (Å²) >= 11 is 0. The first-order valence-corrected chi connectivity index (χ1v) is 16.8. The Labute approximate surface area is 289 Å². The smallest absolute Gasteiger partial charge is 0.333 e. The minimum absolute atomic E-state index is 0.00170. The lowest BCUT2D eigenvalue weighted by atomic mass is 9.86. The number of hydrogen-bond donors (Lipinski definition) is 4. The van der Waals surface area contributed by atoms with Crippen molar-refractivity contribution < 1.29 is 53.2 Å². The number of aliphatic hydroxyl groups is 1. The lowest BCUT2D eigenvalue weighted by molar-refractivity contribution is -0.195. The Bertz CT molecular complexity index is 1240. The summed E-state index contributed by atoms with van der Waals surface area (Å²) in [5.74, 6) is -2.41. The highest BCUT2D eigenvalue weighted by atomic mass is 16.7. The number of carbonyl (C=O) groups is 6. The van der Waals surface area contributed by atoms with Gasteiger partial charge in [0.2, 0.25) is 18.1 Å². The molecule has 1 aromatic rings. The normalized spacial score (nSPS) is 17.1. The molecule has 0 spiro atoms. The van der Waals surface area contributed by atoms with Gasteiger partial charge in [0.1, 0.15) is 18.6 Å². The van der Waals surface area contributed by atoms with Gasteiger partial charge in [0.25, 0.3) is 5.91 Å². The minimum atomic E-state index is -1.26. The fourth-order valence-corrected chi connectivity index (χ4v) is 4.71. The van der Waals surface area contributed by atoms with Crippen molar-refractivity contribution in [3.05, 3.63) is 29.3 Å². The molecule has 1 heterocycles. The second-order valence-electron chi connectivity index (χ2n) is 12.9. The van der Waals surface area contributed by atoms with Gasteiger partial charge < -0.3 is 44.8 Å². The van der Waals surface area contributed by atoms with Crippen LogP contribution in [0.3, 0.4) is 0 Å². The lowest BCUT2D eigenvalue weighted by Gasteiger charge is -2.31. The van der Waals surface area contributed by atoms with Crippen molar-refractivity contribution >= 4 is 35.9 Å². The van der Waals surface area contributed by atoms with Crippen molar-refractivity contribution in [1.29, 1.82) is 0 Å². The zero-order valence-corrected chi connectivity index (χ0v) is 29.7. The van der Waals surface area contributed by atoms with Gasteiger partial charge in [-0.25, -0.2) is 4.79 Å². The van der Waals surface area contributed by atoms with Gasteiger partial charge in [0, 0.05) is 65.7 Å². The molecular weight excluding hydrogens is 638 g/mol. The van der Waals surface area contributed by atoms with E-state index in [0.717, 1.165) is 19.1 Å². The van der Waals surface area contributed by atoms with Crippen LogP contribution in [0.1, 0.15) is 108 Å². The van der Waals surface area contributed by atoms with Crippen molar-refractivity contribution in [3.63, 3.8) is 0 Å². The van der Waals surface area contributed by atoms with E-state index >= 15 is 0 Å². The first-order valence-electron chi connectivity index (χ1n) is 16.8.